The zero-order valence-electron chi connectivity index (χ0n) is 9.33. The largest absolute Gasteiger partial charge is 0.384 e. The van der Waals surface area contributed by atoms with Gasteiger partial charge < -0.3 is 10.6 Å². The number of nitrogens with zero attached hydrogens (tertiary/aromatic N) is 1. The van der Waals surface area contributed by atoms with Crippen molar-refractivity contribution >= 4 is 11.5 Å². The summed E-state index contributed by atoms with van der Waals surface area (Å²) in [6.45, 7) is 0. The minimum absolute atomic E-state index is 0.0827. The number of nitrogens with two attached hydrogens (primary N) is 1. The van der Waals surface area contributed by atoms with Crippen LogP contribution in [0, 0.1) is 11.2 Å². The molecule has 86 valence electrons. The monoisotopic (exact) mass is 221 g/mol. The summed E-state index contributed by atoms with van der Waals surface area (Å²) in [5.74, 6) is -0.434. The van der Waals surface area contributed by atoms with E-state index in [1.807, 2.05) is 7.05 Å². The Morgan fingerprint density at radius 3 is 2.69 bits per heavy atom. The average molecular weight is 221 g/mol. The van der Waals surface area contributed by atoms with Gasteiger partial charge in [0, 0.05) is 24.3 Å². The molecular formula is C12H16FN3. The fourth-order valence-electron chi connectivity index (χ4n) is 2.00. The molecule has 0 unspecified atom stereocenters. The first-order valence-corrected chi connectivity index (χ1v) is 5.46. The highest BCUT2D eigenvalue weighted by molar-refractivity contribution is 6.00. The van der Waals surface area contributed by atoms with Crippen LogP contribution in [-0.2, 0) is 0 Å². The number of hydrogen-bond donors (Lipinski definition) is 2. The van der Waals surface area contributed by atoms with Gasteiger partial charge in [-0.25, -0.2) is 4.39 Å². The molecule has 0 spiro atoms. The van der Waals surface area contributed by atoms with Gasteiger partial charge in [0.05, 0.1) is 0 Å². The molecule has 0 heterocycles. The second kappa shape index (κ2) is 4.12. The molecular weight excluding hydrogens is 205 g/mol. The zero-order chi connectivity index (χ0) is 11.7. The number of nitrogen functional groups attached to an aromatic ring is 1. The highest BCUT2D eigenvalue weighted by Crippen LogP contribution is 2.30. The third kappa shape index (κ3) is 1.87. The summed E-state index contributed by atoms with van der Waals surface area (Å²) in [6, 6.07) is 4.94. The van der Waals surface area contributed by atoms with Gasteiger partial charge in [-0.1, -0.05) is 0 Å². The molecule has 1 saturated carbocycles. The van der Waals surface area contributed by atoms with E-state index in [0.717, 1.165) is 18.5 Å². The molecule has 0 aliphatic heterocycles. The Kier molecular flexibility index (Phi) is 2.81. The van der Waals surface area contributed by atoms with Gasteiger partial charge in [0.2, 0.25) is 0 Å². The second-order valence-electron chi connectivity index (χ2n) is 4.27. The normalized spacial score (nSPS) is 15.6. The first-order chi connectivity index (χ1) is 7.59. The summed E-state index contributed by atoms with van der Waals surface area (Å²) in [6.07, 6.45) is 3.56. The maximum Gasteiger partial charge on any atom is 0.125 e. The third-order valence-corrected chi connectivity index (χ3v) is 3.25. The highest BCUT2D eigenvalue weighted by Gasteiger charge is 2.24. The van der Waals surface area contributed by atoms with E-state index in [0.29, 0.717) is 11.6 Å². The third-order valence-electron chi connectivity index (χ3n) is 3.25. The molecule has 0 atom stereocenters. The van der Waals surface area contributed by atoms with E-state index in [9.17, 15) is 4.39 Å². The zero-order valence-corrected chi connectivity index (χ0v) is 9.33. The molecule has 2 rings (SSSR count). The Balaban J connectivity index is 2.34. The first-order valence-electron chi connectivity index (χ1n) is 5.46. The predicted octanol–water partition coefficient (Wildman–Crippen LogP) is 2.10. The van der Waals surface area contributed by atoms with Crippen molar-refractivity contribution in [1.29, 1.82) is 5.41 Å². The number of benzene rings is 1. The fourth-order valence-corrected chi connectivity index (χ4v) is 2.00. The van der Waals surface area contributed by atoms with Crippen LogP contribution in [0.15, 0.2) is 18.2 Å². The number of anilines is 1. The van der Waals surface area contributed by atoms with Crippen molar-refractivity contribution in [3.05, 3.63) is 29.6 Å². The molecule has 3 N–H and O–H groups in total. The van der Waals surface area contributed by atoms with Crippen LogP contribution >= 0.6 is 0 Å². The Morgan fingerprint density at radius 2 is 2.19 bits per heavy atom. The van der Waals surface area contributed by atoms with Crippen molar-refractivity contribution in [2.24, 2.45) is 5.73 Å². The van der Waals surface area contributed by atoms with Crippen LogP contribution in [0.4, 0.5) is 10.1 Å². The Labute approximate surface area is 94.6 Å². The molecule has 1 aromatic rings. The van der Waals surface area contributed by atoms with Gasteiger partial charge in [-0.15, -0.1) is 0 Å². The quantitative estimate of drug-likeness (QED) is 0.606. The molecule has 1 aromatic carbocycles. The summed E-state index contributed by atoms with van der Waals surface area (Å²) in [4.78, 5) is 2.10. The second-order valence-corrected chi connectivity index (χ2v) is 4.27. The topological polar surface area (TPSA) is 53.1 Å². The molecule has 1 aliphatic carbocycles. The molecule has 4 heteroatoms. The Hall–Kier alpha value is -1.58. The van der Waals surface area contributed by atoms with Gasteiger partial charge in [-0.3, -0.25) is 5.41 Å². The van der Waals surface area contributed by atoms with Gasteiger partial charge in [-0.2, -0.15) is 0 Å². The Bertz CT molecular complexity index is 413. The summed E-state index contributed by atoms with van der Waals surface area (Å²) >= 11 is 0. The van der Waals surface area contributed by atoms with Crippen LogP contribution in [0.25, 0.3) is 0 Å². The van der Waals surface area contributed by atoms with Crippen molar-refractivity contribution in [3.63, 3.8) is 0 Å². The summed E-state index contributed by atoms with van der Waals surface area (Å²) in [7, 11) is 1.98. The maximum absolute atomic E-state index is 13.1. The minimum Gasteiger partial charge on any atom is -0.384 e. The van der Waals surface area contributed by atoms with E-state index < -0.39 is 0 Å². The number of halogens is 1. The van der Waals surface area contributed by atoms with Gasteiger partial charge in [0.25, 0.3) is 0 Å². The molecule has 1 aliphatic rings. The smallest absolute Gasteiger partial charge is 0.125 e. The first kappa shape index (κ1) is 10.9. The lowest BCUT2D eigenvalue weighted by atomic mass is 9.91. The number of hydrogen-bond acceptors (Lipinski definition) is 2. The van der Waals surface area contributed by atoms with Crippen molar-refractivity contribution in [1.82, 2.24) is 0 Å². The van der Waals surface area contributed by atoms with Crippen LogP contribution in [0.2, 0.25) is 0 Å². The number of rotatable bonds is 3. The fraction of sp³-hybridized carbons (Fsp3) is 0.417. The maximum atomic E-state index is 13.1. The van der Waals surface area contributed by atoms with Crippen molar-refractivity contribution in [3.8, 4) is 0 Å². The van der Waals surface area contributed by atoms with Crippen LogP contribution in [0.5, 0.6) is 0 Å². The predicted molar refractivity (Wildman–Crippen MR) is 63.5 cm³/mol. The molecule has 0 aromatic heterocycles. The lowest BCUT2D eigenvalue weighted by molar-refractivity contribution is 0.401. The molecule has 0 amide bonds. The standard InChI is InChI=1S/C12H16FN3/c1-16(9-3-2-4-9)11-6-5-8(13)7-10(11)12(14)15/h5-7,9H,2-4H2,1H3,(H3,14,15). The summed E-state index contributed by atoms with van der Waals surface area (Å²) in [5.41, 5.74) is 6.80. The van der Waals surface area contributed by atoms with E-state index in [2.05, 4.69) is 4.90 Å². The minimum atomic E-state index is -0.351. The summed E-state index contributed by atoms with van der Waals surface area (Å²) in [5, 5.41) is 7.47. The van der Waals surface area contributed by atoms with Crippen LogP contribution in [0.3, 0.4) is 0 Å². The SMILES string of the molecule is CN(c1ccc(F)cc1C(=N)N)C1CCC1. The van der Waals surface area contributed by atoms with Crippen LogP contribution in [0.1, 0.15) is 24.8 Å². The van der Waals surface area contributed by atoms with Gasteiger partial charge in [0.1, 0.15) is 11.7 Å². The molecule has 16 heavy (non-hydrogen) atoms. The summed E-state index contributed by atoms with van der Waals surface area (Å²) < 4.78 is 13.1. The molecule has 0 radical (unpaired) electrons. The van der Waals surface area contributed by atoms with E-state index in [-0.39, 0.29) is 11.7 Å². The highest BCUT2D eigenvalue weighted by atomic mass is 19.1. The lowest BCUT2D eigenvalue weighted by Crippen LogP contribution is -2.38. The van der Waals surface area contributed by atoms with Gasteiger partial charge >= 0.3 is 0 Å². The molecule has 3 nitrogen and oxygen atoms in total. The number of amidine groups is 1. The van der Waals surface area contributed by atoms with Gasteiger partial charge in [0.15, 0.2) is 0 Å². The average Bonchev–Trinajstić information content (AvgIpc) is 2.14. The molecule has 0 bridgehead atoms. The van der Waals surface area contributed by atoms with E-state index >= 15 is 0 Å². The molecule has 0 saturated heterocycles. The van der Waals surface area contributed by atoms with E-state index in [1.54, 1.807) is 6.07 Å². The van der Waals surface area contributed by atoms with Crippen molar-refractivity contribution in [2.45, 2.75) is 25.3 Å². The van der Waals surface area contributed by atoms with E-state index in [4.69, 9.17) is 11.1 Å². The lowest BCUT2D eigenvalue weighted by Gasteiger charge is -2.37. The van der Waals surface area contributed by atoms with Crippen molar-refractivity contribution in [2.75, 3.05) is 11.9 Å². The van der Waals surface area contributed by atoms with Gasteiger partial charge in [-0.05, 0) is 37.5 Å². The van der Waals surface area contributed by atoms with Crippen LogP contribution in [-0.4, -0.2) is 18.9 Å². The van der Waals surface area contributed by atoms with Crippen LogP contribution < -0.4 is 10.6 Å². The Morgan fingerprint density at radius 1 is 1.50 bits per heavy atom. The van der Waals surface area contributed by atoms with Crippen molar-refractivity contribution < 1.29 is 4.39 Å². The van der Waals surface area contributed by atoms with E-state index in [1.165, 1.54) is 18.6 Å². The molecule has 1 fully saturated rings. The number of nitrogens with one attached hydrogen (secondary N) is 1.